The number of aliphatic hydroxyl groups excluding tert-OH is 1. The van der Waals surface area contributed by atoms with E-state index in [1.807, 2.05) is 6.07 Å². The molecule has 3 rings (SSSR count). The minimum absolute atomic E-state index is 0.0608. The number of carbonyl (C=O) groups is 3. The molecular weight excluding hydrogens is 481 g/mol. The fraction of sp³-hybridized carbons (Fsp3) is 0.444. The number of alkyl halides is 1. The number of hydrogen-bond donors (Lipinski definition) is 4. The smallest absolute Gasteiger partial charge is 0.254 e. The van der Waals surface area contributed by atoms with Crippen LogP contribution in [0.5, 0.6) is 5.75 Å². The number of nitrogens with one attached hydrogen (secondary N) is 2. The molecule has 1 saturated heterocycles. The highest BCUT2D eigenvalue weighted by Crippen LogP contribution is 2.24. The van der Waals surface area contributed by atoms with Crippen LogP contribution in [-0.2, 0) is 20.7 Å². The van der Waals surface area contributed by atoms with Crippen molar-refractivity contribution < 1.29 is 33.7 Å². The van der Waals surface area contributed by atoms with Gasteiger partial charge in [-0.05, 0) is 37.5 Å². The lowest BCUT2D eigenvalue weighted by Crippen LogP contribution is -2.56. The average molecular weight is 516 g/mol. The predicted octanol–water partition coefficient (Wildman–Crippen LogP) is 1.49. The molecule has 3 amide bonds. The largest absolute Gasteiger partial charge is 0.508 e. The molecule has 200 valence electrons. The molecule has 1 aliphatic heterocycles. The Morgan fingerprint density at radius 3 is 2.59 bits per heavy atom. The number of carbonyl (C=O) groups excluding carboxylic acids is 3. The summed E-state index contributed by atoms with van der Waals surface area (Å²) >= 11 is 0. The van der Waals surface area contributed by atoms with Gasteiger partial charge in [0, 0.05) is 37.8 Å². The second-order valence-electron chi connectivity index (χ2n) is 9.14. The minimum atomic E-state index is -1.74. The number of phenolic OH excluding ortho intramolecular Hbond substituents is 1. The second-order valence-corrected chi connectivity index (χ2v) is 9.14. The molecule has 0 aliphatic carbocycles. The molecular formula is C27H34FN3O6. The van der Waals surface area contributed by atoms with E-state index in [1.165, 1.54) is 18.2 Å². The van der Waals surface area contributed by atoms with Crippen molar-refractivity contribution in [1.29, 1.82) is 0 Å². The number of amides is 3. The van der Waals surface area contributed by atoms with Crippen molar-refractivity contribution in [3.63, 3.8) is 0 Å². The first-order valence-corrected chi connectivity index (χ1v) is 12.3. The Kier molecular flexibility index (Phi) is 9.99. The van der Waals surface area contributed by atoms with Crippen LogP contribution in [0.15, 0.2) is 48.5 Å². The maximum absolute atomic E-state index is 14.3. The van der Waals surface area contributed by atoms with Gasteiger partial charge in [0.2, 0.25) is 5.91 Å². The van der Waals surface area contributed by atoms with Crippen LogP contribution in [0.25, 0.3) is 0 Å². The number of aromatic hydroxyl groups is 1. The SMILES string of the molecule is COCCCNC(=O)[C@H]1C[C@H](F)CN1C(=O)[C@@H](O)[C@H](Cc1ccccc1)NC(=O)c1cccc(O)c1C. The van der Waals surface area contributed by atoms with Crippen LogP contribution in [-0.4, -0.2) is 84.0 Å². The molecule has 37 heavy (non-hydrogen) atoms. The van der Waals surface area contributed by atoms with Crippen molar-refractivity contribution in [2.24, 2.45) is 0 Å². The van der Waals surface area contributed by atoms with E-state index < -0.39 is 42.1 Å². The number of phenols is 1. The van der Waals surface area contributed by atoms with Crippen molar-refractivity contribution in [3.8, 4) is 5.75 Å². The third kappa shape index (κ3) is 7.27. The number of halogens is 1. The highest BCUT2D eigenvalue weighted by Gasteiger charge is 2.43. The molecule has 0 aromatic heterocycles. The number of aliphatic hydroxyl groups is 1. The van der Waals surface area contributed by atoms with Crippen LogP contribution in [0, 0.1) is 6.92 Å². The molecule has 2 aromatic carbocycles. The molecule has 1 heterocycles. The van der Waals surface area contributed by atoms with Gasteiger partial charge < -0.3 is 30.5 Å². The molecule has 2 aromatic rings. The lowest BCUT2D eigenvalue weighted by Gasteiger charge is -2.30. The van der Waals surface area contributed by atoms with Gasteiger partial charge in [0.15, 0.2) is 6.10 Å². The normalized spacial score (nSPS) is 18.8. The van der Waals surface area contributed by atoms with Crippen molar-refractivity contribution in [3.05, 3.63) is 65.2 Å². The lowest BCUT2D eigenvalue weighted by molar-refractivity contribution is -0.146. The van der Waals surface area contributed by atoms with E-state index in [0.717, 1.165) is 10.5 Å². The van der Waals surface area contributed by atoms with Gasteiger partial charge in [0.25, 0.3) is 11.8 Å². The average Bonchev–Trinajstić information content (AvgIpc) is 3.29. The number of methoxy groups -OCH3 is 1. The Labute approximate surface area is 215 Å². The Morgan fingerprint density at radius 2 is 1.89 bits per heavy atom. The first-order chi connectivity index (χ1) is 17.7. The Bertz CT molecular complexity index is 1080. The van der Waals surface area contributed by atoms with Crippen molar-refractivity contribution >= 4 is 17.7 Å². The highest BCUT2D eigenvalue weighted by molar-refractivity contribution is 5.97. The topological polar surface area (TPSA) is 128 Å². The first-order valence-electron chi connectivity index (χ1n) is 12.3. The molecule has 4 atom stereocenters. The highest BCUT2D eigenvalue weighted by atomic mass is 19.1. The fourth-order valence-electron chi connectivity index (χ4n) is 4.39. The molecule has 1 aliphatic rings. The first kappa shape index (κ1) is 28.1. The summed E-state index contributed by atoms with van der Waals surface area (Å²) in [7, 11) is 1.54. The molecule has 4 N–H and O–H groups in total. The van der Waals surface area contributed by atoms with E-state index in [1.54, 1.807) is 38.3 Å². The summed E-state index contributed by atoms with van der Waals surface area (Å²) in [5.41, 5.74) is 1.30. The van der Waals surface area contributed by atoms with Gasteiger partial charge in [0.05, 0.1) is 12.6 Å². The zero-order valence-corrected chi connectivity index (χ0v) is 21.0. The monoisotopic (exact) mass is 515 g/mol. The Balaban J connectivity index is 1.79. The van der Waals surface area contributed by atoms with Crippen LogP contribution >= 0.6 is 0 Å². The maximum Gasteiger partial charge on any atom is 0.254 e. The van der Waals surface area contributed by atoms with Gasteiger partial charge in [0.1, 0.15) is 18.0 Å². The van der Waals surface area contributed by atoms with E-state index in [4.69, 9.17) is 4.74 Å². The van der Waals surface area contributed by atoms with Gasteiger partial charge in [-0.15, -0.1) is 0 Å². The zero-order chi connectivity index (χ0) is 26.9. The number of nitrogens with zero attached hydrogens (tertiary/aromatic N) is 1. The van der Waals surface area contributed by atoms with Gasteiger partial charge in [-0.1, -0.05) is 36.4 Å². The number of rotatable bonds is 11. The summed E-state index contributed by atoms with van der Waals surface area (Å²) in [4.78, 5) is 40.2. The van der Waals surface area contributed by atoms with E-state index in [2.05, 4.69) is 10.6 Å². The number of likely N-dealkylation sites (tertiary alicyclic amines) is 1. The van der Waals surface area contributed by atoms with Crippen LogP contribution in [0.3, 0.4) is 0 Å². The standard InChI is InChI=1S/C27H34FN3O6/c1-17-20(10-6-11-23(17)32)25(34)30-21(14-18-8-4-3-5-9-18)24(33)27(36)31-16-19(28)15-22(31)26(35)29-12-7-13-37-2/h3-6,8-11,19,21-22,24,32-33H,7,12-16H2,1-2H3,(H,29,35)(H,30,34)/t19-,21-,22+,24-/m0/s1. The fourth-order valence-corrected chi connectivity index (χ4v) is 4.39. The molecule has 0 unspecified atom stereocenters. The van der Waals surface area contributed by atoms with Crippen LogP contribution < -0.4 is 10.6 Å². The summed E-state index contributed by atoms with van der Waals surface area (Å²) in [5.74, 6) is -1.99. The van der Waals surface area contributed by atoms with E-state index in [9.17, 15) is 29.0 Å². The van der Waals surface area contributed by atoms with E-state index in [-0.39, 0.29) is 30.7 Å². The molecule has 0 radical (unpaired) electrons. The maximum atomic E-state index is 14.3. The van der Waals surface area contributed by atoms with Crippen LogP contribution in [0.2, 0.25) is 0 Å². The molecule has 0 saturated carbocycles. The second kappa shape index (κ2) is 13.2. The van der Waals surface area contributed by atoms with Gasteiger partial charge in [-0.3, -0.25) is 14.4 Å². The van der Waals surface area contributed by atoms with Gasteiger partial charge in [-0.2, -0.15) is 0 Å². The van der Waals surface area contributed by atoms with Crippen LogP contribution in [0.4, 0.5) is 4.39 Å². The van der Waals surface area contributed by atoms with E-state index in [0.29, 0.717) is 25.1 Å². The number of hydrogen-bond acceptors (Lipinski definition) is 6. The predicted molar refractivity (Wildman–Crippen MR) is 135 cm³/mol. The van der Waals surface area contributed by atoms with Crippen molar-refractivity contribution in [2.75, 3.05) is 26.8 Å². The Morgan fingerprint density at radius 1 is 1.16 bits per heavy atom. The molecule has 0 bridgehead atoms. The quantitative estimate of drug-likeness (QED) is 0.336. The van der Waals surface area contributed by atoms with Gasteiger partial charge >= 0.3 is 0 Å². The number of benzene rings is 2. The third-order valence-corrected chi connectivity index (χ3v) is 6.46. The summed E-state index contributed by atoms with van der Waals surface area (Å²) in [6.07, 6.45) is -2.66. The van der Waals surface area contributed by atoms with Crippen molar-refractivity contribution in [2.45, 2.75) is 50.5 Å². The number of ether oxygens (including phenoxy) is 1. The van der Waals surface area contributed by atoms with Crippen molar-refractivity contribution in [1.82, 2.24) is 15.5 Å². The molecule has 1 fully saturated rings. The summed E-state index contributed by atoms with van der Waals surface area (Å²) in [6.45, 7) is 2.00. The third-order valence-electron chi connectivity index (χ3n) is 6.46. The minimum Gasteiger partial charge on any atom is -0.508 e. The van der Waals surface area contributed by atoms with Crippen LogP contribution in [0.1, 0.15) is 34.3 Å². The summed E-state index contributed by atoms with van der Waals surface area (Å²) in [6, 6.07) is 11.3. The molecule has 9 nitrogen and oxygen atoms in total. The van der Waals surface area contributed by atoms with E-state index >= 15 is 0 Å². The lowest BCUT2D eigenvalue weighted by atomic mass is 9.98. The summed E-state index contributed by atoms with van der Waals surface area (Å²) < 4.78 is 19.3. The Hall–Kier alpha value is -3.50. The van der Waals surface area contributed by atoms with Gasteiger partial charge in [-0.25, -0.2) is 4.39 Å². The molecule has 0 spiro atoms. The zero-order valence-electron chi connectivity index (χ0n) is 21.0. The summed E-state index contributed by atoms with van der Waals surface area (Å²) in [5, 5.41) is 26.5. The molecule has 10 heteroatoms.